The first-order valence-corrected chi connectivity index (χ1v) is 7.53. The number of ether oxygens (including phenoxy) is 1. The quantitative estimate of drug-likeness (QED) is 0.852. The van der Waals surface area contributed by atoms with Crippen molar-refractivity contribution in [3.05, 3.63) is 48.0 Å². The molecule has 7 heteroatoms. The molecule has 120 valence electrons. The molecule has 1 aliphatic heterocycles. The Hall–Kier alpha value is -2.54. The summed E-state index contributed by atoms with van der Waals surface area (Å²) in [7, 11) is 1.73. The Balaban J connectivity index is 1.62. The van der Waals surface area contributed by atoms with Crippen LogP contribution in [-0.4, -0.2) is 47.2 Å². The van der Waals surface area contributed by atoms with Crippen molar-refractivity contribution in [1.82, 2.24) is 20.3 Å². The Kier molecular flexibility index (Phi) is 4.77. The molecule has 1 fully saturated rings. The van der Waals surface area contributed by atoms with Crippen LogP contribution in [0.2, 0.25) is 0 Å². The lowest BCUT2D eigenvalue weighted by atomic mass is 9.95. The first kappa shape index (κ1) is 15.4. The number of hydrogen-bond donors (Lipinski definition) is 2. The topological polar surface area (TPSA) is 89.0 Å². The molecule has 0 unspecified atom stereocenters. The molecular formula is C16H19N5O2. The van der Waals surface area contributed by atoms with E-state index >= 15 is 0 Å². The van der Waals surface area contributed by atoms with E-state index in [1.54, 1.807) is 19.4 Å². The van der Waals surface area contributed by atoms with E-state index in [0.717, 1.165) is 6.42 Å². The molecule has 3 heterocycles. The van der Waals surface area contributed by atoms with Gasteiger partial charge in [-0.15, -0.1) is 0 Å². The highest BCUT2D eigenvalue weighted by Gasteiger charge is 2.30. The van der Waals surface area contributed by atoms with Crippen molar-refractivity contribution in [3.63, 3.8) is 0 Å². The van der Waals surface area contributed by atoms with Crippen LogP contribution in [0.25, 0.3) is 0 Å². The summed E-state index contributed by atoms with van der Waals surface area (Å²) in [4.78, 5) is 24.5. The molecule has 2 aromatic rings. The van der Waals surface area contributed by atoms with Gasteiger partial charge in [-0.2, -0.15) is 0 Å². The molecule has 3 rings (SSSR count). The van der Waals surface area contributed by atoms with Crippen molar-refractivity contribution in [2.45, 2.75) is 12.5 Å². The third kappa shape index (κ3) is 3.81. The molecule has 0 radical (unpaired) electrons. The third-order valence-corrected chi connectivity index (χ3v) is 3.90. The van der Waals surface area contributed by atoms with Gasteiger partial charge in [0.25, 0.3) is 5.91 Å². The number of carbonyl (C=O) groups is 1. The Bertz CT molecular complexity index is 647. The number of aromatic nitrogens is 3. The van der Waals surface area contributed by atoms with Gasteiger partial charge in [-0.05, 0) is 24.1 Å². The average molecular weight is 313 g/mol. The van der Waals surface area contributed by atoms with E-state index in [9.17, 15) is 4.79 Å². The number of nitrogens with zero attached hydrogens (tertiary/aromatic N) is 3. The minimum absolute atomic E-state index is 0.0142. The highest BCUT2D eigenvalue weighted by atomic mass is 16.5. The number of carbonyl (C=O) groups excluding carboxylic acids is 1. The SMILES string of the molecule is CNc1ncc(C(=O)N[C@H]2COC[C@H]2Cc2ccncc2)cn1. The molecule has 23 heavy (non-hydrogen) atoms. The average Bonchev–Trinajstić information content (AvgIpc) is 3.02. The van der Waals surface area contributed by atoms with Crippen LogP contribution in [0.1, 0.15) is 15.9 Å². The largest absolute Gasteiger partial charge is 0.379 e. The van der Waals surface area contributed by atoms with E-state index in [-0.39, 0.29) is 17.9 Å². The fourth-order valence-electron chi connectivity index (χ4n) is 2.61. The summed E-state index contributed by atoms with van der Waals surface area (Å²) < 4.78 is 5.54. The molecule has 0 aliphatic carbocycles. The molecule has 1 saturated heterocycles. The first-order chi connectivity index (χ1) is 11.3. The van der Waals surface area contributed by atoms with Gasteiger partial charge >= 0.3 is 0 Å². The van der Waals surface area contributed by atoms with Crippen molar-refractivity contribution >= 4 is 11.9 Å². The number of nitrogens with one attached hydrogen (secondary N) is 2. The van der Waals surface area contributed by atoms with Crippen molar-refractivity contribution < 1.29 is 9.53 Å². The van der Waals surface area contributed by atoms with E-state index < -0.39 is 0 Å². The zero-order valence-electron chi connectivity index (χ0n) is 12.9. The first-order valence-electron chi connectivity index (χ1n) is 7.53. The summed E-state index contributed by atoms with van der Waals surface area (Å²) in [6.07, 6.45) is 7.44. The number of amides is 1. The Labute approximate surface area is 134 Å². The van der Waals surface area contributed by atoms with Gasteiger partial charge in [0.1, 0.15) is 0 Å². The second-order valence-electron chi connectivity index (χ2n) is 5.48. The van der Waals surface area contributed by atoms with Crippen molar-refractivity contribution in [3.8, 4) is 0 Å². The molecule has 2 N–H and O–H groups in total. The maximum absolute atomic E-state index is 12.3. The van der Waals surface area contributed by atoms with Crippen LogP contribution in [0.3, 0.4) is 0 Å². The van der Waals surface area contributed by atoms with E-state index in [1.165, 1.54) is 18.0 Å². The van der Waals surface area contributed by atoms with E-state index in [0.29, 0.717) is 24.7 Å². The molecule has 0 bridgehead atoms. The predicted molar refractivity (Wildman–Crippen MR) is 85.1 cm³/mol. The van der Waals surface area contributed by atoms with Crippen LogP contribution in [-0.2, 0) is 11.2 Å². The summed E-state index contributed by atoms with van der Waals surface area (Å²) in [5, 5.41) is 5.84. The molecule has 0 aromatic carbocycles. The Morgan fingerprint density at radius 2 is 2.00 bits per heavy atom. The van der Waals surface area contributed by atoms with Crippen LogP contribution in [0.15, 0.2) is 36.9 Å². The lowest BCUT2D eigenvalue weighted by Gasteiger charge is -2.19. The second-order valence-corrected chi connectivity index (χ2v) is 5.48. The highest BCUT2D eigenvalue weighted by molar-refractivity contribution is 5.93. The van der Waals surface area contributed by atoms with Gasteiger partial charge < -0.3 is 15.4 Å². The van der Waals surface area contributed by atoms with Gasteiger partial charge in [-0.3, -0.25) is 9.78 Å². The Morgan fingerprint density at radius 1 is 1.26 bits per heavy atom. The molecule has 7 nitrogen and oxygen atoms in total. The van der Waals surface area contributed by atoms with Gasteiger partial charge in [0.15, 0.2) is 0 Å². The molecule has 1 amide bonds. The van der Waals surface area contributed by atoms with Crippen molar-refractivity contribution in [2.24, 2.45) is 5.92 Å². The van der Waals surface area contributed by atoms with Gasteiger partial charge in [0.05, 0.1) is 24.8 Å². The molecule has 1 aliphatic rings. The monoisotopic (exact) mass is 313 g/mol. The summed E-state index contributed by atoms with van der Waals surface area (Å²) >= 11 is 0. The third-order valence-electron chi connectivity index (χ3n) is 3.90. The number of hydrogen-bond acceptors (Lipinski definition) is 6. The van der Waals surface area contributed by atoms with Crippen molar-refractivity contribution in [2.75, 3.05) is 25.6 Å². The molecule has 0 saturated carbocycles. The van der Waals surface area contributed by atoms with Gasteiger partial charge in [0.2, 0.25) is 5.95 Å². The number of anilines is 1. The number of pyridine rings is 1. The maximum Gasteiger partial charge on any atom is 0.254 e. The van der Waals surface area contributed by atoms with Crippen molar-refractivity contribution in [1.29, 1.82) is 0 Å². The molecule has 2 aromatic heterocycles. The van der Waals surface area contributed by atoms with E-state index in [2.05, 4.69) is 25.6 Å². The van der Waals surface area contributed by atoms with Crippen LogP contribution in [0.4, 0.5) is 5.95 Å². The van der Waals surface area contributed by atoms with Crippen LogP contribution < -0.4 is 10.6 Å². The number of rotatable bonds is 5. The fraction of sp³-hybridized carbons (Fsp3) is 0.375. The fourth-order valence-corrected chi connectivity index (χ4v) is 2.61. The smallest absolute Gasteiger partial charge is 0.254 e. The predicted octanol–water partition coefficient (Wildman–Crippen LogP) is 0.901. The normalized spacial score (nSPS) is 20.2. The minimum atomic E-state index is -0.178. The minimum Gasteiger partial charge on any atom is -0.379 e. The van der Waals surface area contributed by atoms with Gasteiger partial charge in [0, 0.05) is 37.8 Å². The van der Waals surface area contributed by atoms with Gasteiger partial charge in [-0.1, -0.05) is 0 Å². The molecule has 0 spiro atoms. The summed E-state index contributed by atoms with van der Waals surface area (Å²) in [6.45, 7) is 1.17. The standard InChI is InChI=1S/C16H19N5O2/c1-17-16-19-7-13(8-20-16)15(22)21-14-10-23-9-12(14)6-11-2-4-18-5-3-11/h2-5,7-8,12,14H,6,9-10H2,1H3,(H,21,22)(H,17,19,20)/t12-,14+/m1/s1. The maximum atomic E-state index is 12.3. The summed E-state index contributed by atoms with van der Waals surface area (Å²) in [5.74, 6) is 0.558. The van der Waals surface area contributed by atoms with Gasteiger partial charge in [-0.25, -0.2) is 9.97 Å². The van der Waals surface area contributed by atoms with E-state index in [4.69, 9.17) is 4.74 Å². The van der Waals surface area contributed by atoms with Crippen LogP contribution in [0, 0.1) is 5.92 Å². The summed E-state index contributed by atoms with van der Waals surface area (Å²) in [6, 6.07) is 3.96. The van der Waals surface area contributed by atoms with Crippen LogP contribution >= 0.6 is 0 Å². The highest BCUT2D eigenvalue weighted by Crippen LogP contribution is 2.19. The zero-order valence-corrected chi connectivity index (χ0v) is 12.9. The lowest BCUT2D eigenvalue weighted by molar-refractivity contribution is 0.0924. The van der Waals surface area contributed by atoms with Crippen LogP contribution in [0.5, 0.6) is 0 Å². The van der Waals surface area contributed by atoms with E-state index in [1.807, 2.05) is 12.1 Å². The second kappa shape index (κ2) is 7.15. The Morgan fingerprint density at radius 3 is 2.70 bits per heavy atom. The molecule has 2 atom stereocenters. The zero-order chi connectivity index (χ0) is 16.1. The lowest BCUT2D eigenvalue weighted by Crippen LogP contribution is -2.40. The summed E-state index contributed by atoms with van der Waals surface area (Å²) in [5.41, 5.74) is 1.63. The molecular weight excluding hydrogens is 294 g/mol.